The number of aryl methyl sites for hydroxylation is 2. The Morgan fingerprint density at radius 1 is 1.11 bits per heavy atom. The maximum Gasteiger partial charge on any atom is 0.194 e. The van der Waals surface area contributed by atoms with E-state index in [-0.39, 0.29) is 5.78 Å². The van der Waals surface area contributed by atoms with Crippen LogP contribution in [-0.4, -0.2) is 5.78 Å². The number of carbonyl (C=O) groups is 1. The molecule has 0 aromatic heterocycles. The topological polar surface area (TPSA) is 17.1 Å². The molecule has 18 heavy (non-hydrogen) atoms. The molecule has 0 atom stereocenters. The highest BCUT2D eigenvalue weighted by Crippen LogP contribution is 2.24. The Balaban J connectivity index is 2.47. The van der Waals surface area contributed by atoms with Gasteiger partial charge in [-0.2, -0.15) is 0 Å². The Morgan fingerprint density at radius 3 is 2.50 bits per heavy atom. The van der Waals surface area contributed by atoms with E-state index < -0.39 is 0 Å². The number of hydrogen-bond acceptors (Lipinski definition) is 1. The first-order valence-corrected chi connectivity index (χ1v) is 6.73. The third-order valence-corrected chi connectivity index (χ3v) is 3.90. The summed E-state index contributed by atoms with van der Waals surface area (Å²) in [6.07, 6.45) is 0. The highest BCUT2D eigenvalue weighted by molar-refractivity contribution is 9.10. The highest BCUT2D eigenvalue weighted by atomic mass is 79.9. The monoisotopic (exact) mass is 322 g/mol. The Morgan fingerprint density at radius 2 is 1.83 bits per heavy atom. The van der Waals surface area contributed by atoms with Crippen molar-refractivity contribution in [2.75, 3.05) is 0 Å². The Kier molecular flexibility index (Phi) is 3.88. The second-order valence-electron chi connectivity index (χ2n) is 4.28. The van der Waals surface area contributed by atoms with Crippen molar-refractivity contribution >= 4 is 33.3 Å². The second-order valence-corrected chi connectivity index (χ2v) is 5.54. The average Bonchev–Trinajstić information content (AvgIpc) is 2.35. The van der Waals surface area contributed by atoms with Gasteiger partial charge < -0.3 is 0 Å². The third-order valence-electron chi connectivity index (χ3n) is 2.80. The maximum atomic E-state index is 12.4. The molecule has 0 amide bonds. The number of halogens is 2. The first-order valence-electron chi connectivity index (χ1n) is 5.56. The number of benzene rings is 2. The molecule has 92 valence electrons. The molecule has 0 radical (unpaired) electrons. The molecule has 0 unspecified atom stereocenters. The van der Waals surface area contributed by atoms with E-state index in [0.29, 0.717) is 16.1 Å². The lowest BCUT2D eigenvalue weighted by molar-refractivity contribution is 0.103. The van der Waals surface area contributed by atoms with E-state index in [1.807, 2.05) is 38.1 Å². The predicted octanol–water partition coefficient (Wildman–Crippen LogP) is 4.95. The largest absolute Gasteiger partial charge is 0.289 e. The summed E-state index contributed by atoms with van der Waals surface area (Å²) in [4.78, 5) is 12.4. The fraction of sp³-hybridized carbons (Fsp3) is 0.133. The first kappa shape index (κ1) is 13.3. The molecule has 0 saturated carbocycles. The van der Waals surface area contributed by atoms with Crippen LogP contribution in [0.1, 0.15) is 27.0 Å². The standard InChI is InChI=1S/C15H12BrClO/c1-9-3-6-13(16)12(7-9)15(18)11-5-4-10(2)14(17)8-11/h3-8H,1-2H3. The van der Waals surface area contributed by atoms with Gasteiger partial charge in [-0.1, -0.05) is 51.3 Å². The Bertz CT molecular complexity index is 620. The molecule has 2 aromatic carbocycles. The zero-order chi connectivity index (χ0) is 13.3. The molecule has 1 nitrogen and oxygen atoms in total. The summed E-state index contributed by atoms with van der Waals surface area (Å²) >= 11 is 9.46. The van der Waals surface area contributed by atoms with Gasteiger partial charge in [0.2, 0.25) is 0 Å². The molecule has 0 aliphatic heterocycles. The van der Waals surface area contributed by atoms with Crippen molar-refractivity contribution < 1.29 is 4.79 Å². The molecule has 2 aromatic rings. The van der Waals surface area contributed by atoms with Crippen LogP contribution in [0.4, 0.5) is 0 Å². The molecular formula is C15H12BrClO. The van der Waals surface area contributed by atoms with Crippen LogP contribution in [0.15, 0.2) is 40.9 Å². The van der Waals surface area contributed by atoms with E-state index in [4.69, 9.17) is 11.6 Å². The number of hydrogen-bond donors (Lipinski definition) is 0. The van der Waals surface area contributed by atoms with E-state index in [1.165, 1.54) is 0 Å². The van der Waals surface area contributed by atoms with Crippen LogP contribution in [0.5, 0.6) is 0 Å². The van der Waals surface area contributed by atoms with E-state index in [2.05, 4.69) is 15.9 Å². The summed E-state index contributed by atoms with van der Waals surface area (Å²) in [5, 5.41) is 0.615. The van der Waals surface area contributed by atoms with Gasteiger partial charge in [-0.15, -0.1) is 0 Å². The van der Waals surface area contributed by atoms with E-state index >= 15 is 0 Å². The minimum absolute atomic E-state index is 0.0209. The van der Waals surface area contributed by atoms with Crippen LogP contribution in [0.25, 0.3) is 0 Å². The van der Waals surface area contributed by atoms with Crippen molar-refractivity contribution in [3.63, 3.8) is 0 Å². The Hall–Kier alpha value is -1.12. The summed E-state index contributed by atoms with van der Waals surface area (Å²) in [6, 6.07) is 11.1. The quantitative estimate of drug-likeness (QED) is 0.715. The molecule has 0 aliphatic rings. The van der Waals surface area contributed by atoms with Crippen molar-refractivity contribution in [1.82, 2.24) is 0 Å². The van der Waals surface area contributed by atoms with Crippen molar-refractivity contribution in [3.05, 3.63) is 68.1 Å². The molecular weight excluding hydrogens is 312 g/mol. The Labute approximate surface area is 120 Å². The number of ketones is 1. The normalized spacial score (nSPS) is 10.4. The van der Waals surface area contributed by atoms with Gasteiger partial charge in [0.15, 0.2) is 5.78 Å². The molecule has 2 rings (SSSR count). The van der Waals surface area contributed by atoms with Gasteiger partial charge in [0.05, 0.1) is 0 Å². The van der Waals surface area contributed by atoms with E-state index in [0.717, 1.165) is 15.6 Å². The lowest BCUT2D eigenvalue weighted by Crippen LogP contribution is -2.03. The molecule has 3 heteroatoms. The summed E-state index contributed by atoms with van der Waals surface area (Å²) < 4.78 is 0.801. The molecule has 0 saturated heterocycles. The first-order chi connectivity index (χ1) is 8.49. The van der Waals surface area contributed by atoms with Crippen LogP contribution in [0.3, 0.4) is 0 Å². The SMILES string of the molecule is Cc1ccc(Br)c(C(=O)c2ccc(C)c(Cl)c2)c1. The van der Waals surface area contributed by atoms with Crippen LogP contribution >= 0.6 is 27.5 Å². The van der Waals surface area contributed by atoms with Gasteiger partial charge >= 0.3 is 0 Å². The zero-order valence-corrected chi connectivity index (χ0v) is 12.5. The fourth-order valence-electron chi connectivity index (χ4n) is 1.70. The number of carbonyl (C=O) groups excluding carboxylic acids is 1. The smallest absolute Gasteiger partial charge is 0.194 e. The van der Waals surface area contributed by atoms with Gasteiger partial charge in [-0.25, -0.2) is 0 Å². The minimum atomic E-state index is -0.0209. The number of rotatable bonds is 2. The lowest BCUT2D eigenvalue weighted by atomic mass is 10.0. The minimum Gasteiger partial charge on any atom is -0.289 e. The van der Waals surface area contributed by atoms with E-state index in [1.54, 1.807) is 12.1 Å². The summed E-state index contributed by atoms with van der Waals surface area (Å²) in [7, 11) is 0. The third kappa shape index (κ3) is 2.65. The van der Waals surface area contributed by atoms with Crippen LogP contribution in [-0.2, 0) is 0 Å². The van der Waals surface area contributed by atoms with Crippen molar-refractivity contribution in [3.8, 4) is 0 Å². The van der Waals surface area contributed by atoms with Crippen LogP contribution in [0, 0.1) is 13.8 Å². The maximum absolute atomic E-state index is 12.4. The lowest BCUT2D eigenvalue weighted by Gasteiger charge is -2.06. The highest BCUT2D eigenvalue weighted by Gasteiger charge is 2.13. The van der Waals surface area contributed by atoms with Crippen LogP contribution < -0.4 is 0 Å². The molecule has 0 bridgehead atoms. The van der Waals surface area contributed by atoms with Gasteiger partial charge in [0, 0.05) is 20.6 Å². The summed E-state index contributed by atoms with van der Waals surface area (Å²) in [5.74, 6) is -0.0209. The van der Waals surface area contributed by atoms with Gasteiger partial charge in [-0.3, -0.25) is 4.79 Å². The average molecular weight is 324 g/mol. The van der Waals surface area contributed by atoms with E-state index in [9.17, 15) is 4.79 Å². The van der Waals surface area contributed by atoms with Crippen LogP contribution in [0.2, 0.25) is 5.02 Å². The molecule has 0 fully saturated rings. The van der Waals surface area contributed by atoms with Crippen molar-refractivity contribution in [2.24, 2.45) is 0 Å². The molecule has 0 aliphatic carbocycles. The predicted molar refractivity (Wildman–Crippen MR) is 78.5 cm³/mol. The summed E-state index contributed by atoms with van der Waals surface area (Å²) in [6.45, 7) is 3.88. The van der Waals surface area contributed by atoms with Gasteiger partial charge in [-0.05, 0) is 37.6 Å². The fourth-order valence-corrected chi connectivity index (χ4v) is 2.31. The van der Waals surface area contributed by atoms with Gasteiger partial charge in [0.25, 0.3) is 0 Å². The molecule has 0 heterocycles. The van der Waals surface area contributed by atoms with Gasteiger partial charge in [0.1, 0.15) is 0 Å². The van der Waals surface area contributed by atoms with Crippen molar-refractivity contribution in [2.45, 2.75) is 13.8 Å². The van der Waals surface area contributed by atoms with Crippen molar-refractivity contribution in [1.29, 1.82) is 0 Å². The summed E-state index contributed by atoms with van der Waals surface area (Å²) in [5.41, 5.74) is 3.29. The molecule has 0 N–H and O–H groups in total. The molecule has 0 spiro atoms. The zero-order valence-electron chi connectivity index (χ0n) is 10.1. The second kappa shape index (κ2) is 5.25.